The number of aryl methyl sites for hydroxylation is 1. The maximum absolute atomic E-state index is 13.0. The topological polar surface area (TPSA) is 77.9 Å². The third-order valence-electron chi connectivity index (χ3n) is 4.85. The summed E-state index contributed by atoms with van der Waals surface area (Å²) in [6.07, 6.45) is 1.46. The molecule has 1 aromatic carbocycles. The number of hydrogen-bond acceptors (Lipinski definition) is 3. The summed E-state index contributed by atoms with van der Waals surface area (Å²) in [6, 6.07) is 7.47. The summed E-state index contributed by atoms with van der Waals surface area (Å²) in [5.74, 6) is -0.992. The highest BCUT2D eigenvalue weighted by atomic mass is 16.4. The first-order chi connectivity index (χ1) is 12.8. The lowest BCUT2D eigenvalue weighted by molar-refractivity contribution is -0.140. The van der Waals surface area contributed by atoms with Crippen LogP contribution in [0.15, 0.2) is 24.3 Å². The number of piperidine rings is 1. The monoisotopic (exact) mass is 374 g/mol. The summed E-state index contributed by atoms with van der Waals surface area (Å²) in [7, 11) is 0. The van der Waals surface area contributed by atoms with Gasteiger partial charge in [-0.15, -0.1) is 0 Å². The smallest absolute Gasteiger partial charge is 0.305 e. The molecule has 0 bridgehead atoms. The van der Waals surface area contributed by atoms with Crippen molar-refractivity contribution in [3.8, 4) is 0 Å². The van der Waals surface area contributed by atoms with Gasteiger partial charge in [0.1, 0.15) is 0 Å². The Bertz CT molecular complexity index is 669. The lowest BCUT2D eigenvalue weighted by atomic mass is 9.95. The number of amides is 2. The highest BCUT2D eigenvalue weighted by Gasteiger charge is 2.32. The molecular formula is C21H30N2O4. The second kappa shape index (κ2) is 9.53. The second-order valence-corrected chi connectivity index (χ2v) is 7.78. The van der Waals surface area contributed by atoms with Crippen molar-refractivity contribution in [1.82, 2.24) is 9.80 Å². The molecule has 0 radical (unpaired) electrons. The average molecular weight is 374 g/mol. The summed E-state index contributed by atoms with van der Waals surface area (Å²) in [6.45, 7) is 7.79. The Kier molecular flexibility index (Phi) is 7.39. The van der Waals surface area contributed by atoms with E-state index in [4.69, 9.17) is 5.11 Å². The van der Waals surface area contributed by atoms with Crippen LogP contribution in [0.25, 0.3) is 0 Å². The molecule has 1 fully saturated rings. The van der Waals surface area contributed by atoms with Gasteiger partial charge in [0, 0.05) is 31.7 Å². The highest BCUT2D eigenvalue weighted by molar-refractivity contribution is 5.94. The van der Waals surface area contributed by atoms with Gasteiger partial charge in [-0.05, 0) is 37.8 Å². The molecule has 1 N–H and O–H groups in total. The van der Waals surface area contributed by atoms with Gasteiger partial charge in [0.05, 0.1) is 12.3 Å². The molecule has 1 aliphatic heterocycles. The minimum Gasteiger partial charge on any atom is -0.481 e. The number of likely N-dealkylation sites (tertiary alicyclic amines) is 1. The Morgan fingerprint density at radius 3 is 2.48 bits per heavy atom. The number of benzene rings is 1. The number of carboxylic acid groups (broad SMARTS) is 1. The van der Waals surface area contributed by atoms with Gasteiger partial charge in [-0.2, -0.15) is 0 Å². The molecule has 148 valence electrons. The third-order valence-corrected chi connectivity index (χ3v) is 4.85. The van der Waals surface area contributed by atoms with Crippen molar-refractivity contribution in [2.24, 2.45) is 11.8 Å². The van der Waals surface area contributed by atoms with E-state index in [1.807, 2.05) is 45.0 Å². The van der Waals surface area contributed by atoms with Gasteiger partial charge in [0.2, 0.25) is 5.91 Å². The van der Waals surface area contributed by atoms with Crippen LogP contribution in [0.3, 0.4) is 0 Å². The molecule has 0 saturated carbocycles. The number of hydrogen-bond donors (Lipinski definition) is 1. The number of rotatable bonds is 7. The molecule has 0 aliphatic carbocycles. The van der Waals surface area contributed by atoms with Crippen molar-refractivity contribution in [2.75, 3.05) is 26.2 Å². The van der Waals surface area contributed by atoms with Gasteiger partial charge in [0.15, 0.2) is 0 Å². The molecule has 2 rings (SSSR count). The molecule has 1 aromatic rings. The van der Waals surface area contributed by atoms with Gasteiger partial charge in [0.25, 0.3) is 5.91 Å². The first-order valence-corrected chi connectivity index (χ1v) is 9.64. The molecule has 1 saturated heterocycles. The quantitative estimate of drug-likeness (QED) is 0.796. The van der Waals surface area contributed by atoms with Gasteiger partial charge in [-0.1, -0.05) is 31.5 Å². The molecular weight excluding hydrogens is 344 g/mol. The molecule has 0 aromatic heterocycles. The van der Waals surface area contributed by atoms with Crippen LogP contribution < -0.4 is 0 Å². The maximum Gasteiger partial charge on any atom is 0.305 e. The zero-order chi connectivity index (χ0) is 20.0. The van der Waals surface area contributed by atoms with Crippen LogP contribution in [-0.4, -0.2) is 58.9 Å². The van der Waals surface area contributed by atoms with E-state index in [1.165, 1.54) is 0 Å². The van der Waals surface area contributed by atoms with Crippen LogP contribution >= 0.6 is 0 Å². The van der Waals surface area contributed by atoms with Crippen molar-refractivity contribution in [3.63, 3.8) is 0 Å². The number of nitrogens with zero attached hydrogens (tertiary/aromatic N) is 2. The molecule has 1 aliphatic rings. The van der Waals surface area contributed by atoms with Gasteiger partial charge in [-0.3, -0.25) is 14.4 Å². The fourth-order valence-electron chi connectivity index (χ4n) is 3.46. The zero-order valence-electron chi connectivity index (χ0n) is 16.5. The fraction of sp³-hybridized carbons (Fsp3) is 0.571. The Hall–Kier alpha value is -2.37. The summed E-state index contributed by atoms with van der Waals surface area (Å²) in [5, 5.41) is 8.96. The van der Waals surface area contributed by atoms with Crippen LogP contribution in [0.5, 0.6) is 0 Å². The third kappa shape index (κ3) is 6.08. The largest absolute Gasteiger partial charge is 0.481 e. The molecule has 1 unspecified atom stereocenters. The summed E-state index contributed by atoms with van der Waals surface area (Å²) in [5.41, 5.74) is 1.74. The minimum atomic E-state index is -0.906. The average Bonchev–Trinajstić information content (AvgIpc) is 2.64. The predicted molar refractivity (Wildman–Crippen MR) is 103 cm³/mol. The van der Waals surface area contributed by atoms with Crippen molar-refractivity contribution in [3.05, 3.63) is 35.4 Å². The Morgan fingerprint density at radius 1 is 1.22 bits per heavy atom. The lowest BCUT2D eigenvalue weighted by Gasteiger charge is -2.35. The first-order valence-electron chi connectivity index (χ1n) is 9.64. The van der Waals surface area contributed by atoms with E-state index in [0.717, 1.165) is 18.4 Å². The molecule has 1 heterocycles. The Balaban J connectivity index is 2.05. The van der Waals surface area contributed by atoms with E-state index >= 15 is 0 Å². The van der Waals surface area contributed by atoms with E-state index in [2.05, 4.69) is 0 Å². The van der Waals surface area contributed by atoms with Crippen LogP contribution in [0.2, 0.25) is 0 Å². The number of carbonyl (C=O) groups excluding carboxylic acids is 2. The molecule has 1 atom stereocenters. The number of carboxylic acids is 1. The van der Waals surface area contributed by atoms with Gasteiger partial charge in [-0.25, -0.2) is 0 Å². The van der Waals surface area contributed by atoms with Crippen LogP contribution in [0.4, 0.5) is 0 Å². The SMILES string of the molecule is Cc1ccc(C(=O)N2CCCC(C(=O)N(CCC(=O)O)CC(C)C)C2)cc1. The summed E-state index contributed by atoms with van der Waals surface area (Å²) >= 11 is 0. The number of aliphatic carboxylic acids is 1. The van der Waals surface area contributed by atoms with Crippen LogP contribution in [-0.2, 0) is 9.59 Å². The van der Waals surface area contributed by atoms with E-state index in [-0.39, 0.29) is 36.6 Å². The van der Waals surface area contributed by atoms with E-state index in [9.17, 15) is 14.4 Å². The minimum absolute atomic E-state index is 0.0358. The normalized spacial score (nSPS) is 17.0. The van der Waals surface area contributed by atoms with Crippen molar-refractivity contribution >= 4 is 17.8 Å². The van der Waals surface area contributed by atoms with Gasteiger partial charge >= 0.3 is 5.97 Å². The van der Waals surface area contributed by atoms with Crippen molar-refractivity contribution in [2.45, 2.75) is 40.0 Å². The van der Waals surface area contributed by atoms with Crippen LogP contribution in [0.1, 0.15) is 49.0 Å². The zero-order valence-corrected chi connectivity index (χ0v) is 16.5. The summed E-state index contributed by atoms with van der Waals surface area (Å²) in [4.78, 5) is 40.1. The first kappa shape index (κ1) is 20.9. The van der Waals surface area contributed by atoms with Crippen molar-refractivity contribution in [1.29, 1.82) is 0 Å². The summed E-state index contributed by atoms with van der Waals surface area (Å²) < 4.78 is 0. The standard InChI is InChI=1S/C21H30N2O4/c1-15(2)13-23(12-10-19(24)25)21(27)18-5-4-11-22(14-18)20(26)17-8-6-16(3)7-9-17/h6-9,15,18H,4-5,10-14H2,1-3H3,(H,24,25). The molecule has 2 amide bonds. The van der Waals surface area contributed by atoms with E-state index in [1.54, 1.807) is 9.80 Å². The second-order valence-electron chi connectivity index (χ2n) is 7.78. The molecule has 27 heavy (non-hydrogen) atoms. The van der Waals surface area contributed by atoms with Crippen molar-refractivity contribution < 1.29 is 19.5 Å². The Labute approximate surface area is 161 Å². The van der Waals surface area contributed by atoms with Crippen LogP contribution in [0, 0.1) is 18.8 Å². The fourth-order valence-corrected chi connectivity index (χ4v) is 3.46. The molecule has 0 spiro atoms. The lowest BCUT2D eigenvalue weighted by Crippen LogP contribution is -2.48. The maximum atomic E-state index is 13.0. The number of carbonyl (C=O) groups is 3. The van der Waals surface area contributed by atoms with Gasteiger partial charge < -0.3 is 14.9 Å². The van der Waals surface area contributed by atoms with E-state index < -0.39 is 5.97 Å². The molecule has 6 heteroatoms. The molecule has 6 nitrogen and oxygen atoms in total. The van der Waals surface area contributed by atoms with E-state index in [0.29, 0.717) is 25.2 Å². The highest BCUT2D eigenvalue weighted by Crippen LogP contribution is 2.21. The Morgan fingerprint density at radius 2 is 1.89 bits per heavy atom. The predicted octanol–water partition coefficient (Wildman–Crippen LogP) is 2.81.